The Morgan fingerprint density at radius 1 is 1.41 bits per heavy atom. The van der Waals surface area contributed by atoms with Gasteiger partial charge in [-0.05, 0) is 44.1 Å². The first-order valence-electron chi connectivity index (χ1n) is 9.49. The summed E-state index contributed by atoms with van der Waals surface area (Å²) in [6.45, 7) is 7.29. The number of H-pyrrole nitrogens is 1. The van der Waals surface area contributed by atoms with Crippen molar-refractivity contribution in [3.8, 4) is 0 Å². The Morgan fingerprint density at radius 3 is 2.96 bits per heavy atom. The number of fused-ring (bicyclic) bond motifs is 3. The van der Waals surface area contributed by atoms with Crippen molar-refractivity contribution < 1.29 is 14.3 Å². The summed E-state index contributed by atoms with van der Waals surface area (Å²) in [5.41, 5.74) is 1.06. The summed E-state index contributed by atoms with van der Waals surface area (Å²) in [6.07, 6.45) is 3.66. The first-order chi connectivity index (χ1) is 13.0. The fourth-order valence-electron chi connectivity index (χ4n) is 3.26. The molecule has 8 heteroatoms. The molecule has 2 aromatic rings. The molecule has 0 amide bonds. The Balaban J connectivity index is 1.76. The molecule has 0 aliphatic heterocycles. The lowest BCUT2D eigenvalue weighted by Gasteiger charge is -2.17. The molecule has 3 rings (SSSR count). The number of aromatic nitrogens is 2. The lowest BCUT2D eigenvalue weighted by atomic mass is 9.89. The van der Waals surface area contributed by atoms with Gasteiger partial charge in [-0.3, -0.25) is 9.59 Å². The van der Waals surface area contributed by atoms with Crippen molar-refractivity contribution in [1.29, 1.82) is 0 Å². The Bertz CT molecular complexity index is 861. The SMILES string of the molecule is CCOCCOC(=O)[C@@H](CC)Sc1nc2sc3c(c2c(=O)[nH]1)CC[C@@H](C)C3. The Morgan fingerprint density at radius 2 is 2.22 bits per heavy atom. The molecule has 0 bridgehead atoms. The van der Waals surface area contributed by atoms with E-state index in [2.05, 4.69) is 16.9 Å². The molecule has 0 unspecified atom stereocenters. The highest BCUT2D eigenvalue weighted by Gasteiger charge is 2.25. The largest absolute Gasteiger partial charge is 0.462 e. The van der Waals surface area contributed by atoms with Crippen LogP contribution in [-0.4, -0.2) is 41.0 Å². The minimum absolute atomic E-state index is 0.103. The smallest absolute Gasteiger partial charge is 0.319 e. The summed E-state index contributed by atoms with van der Waals surface area (Å²) < 4.78 is 10.4. The van der Waals surface area contributed by atoms with Crippen LogP contribution in [0, 0.1) is 5.92 Å². The van der Waals surface area contributed by atoms with Gasteiger partial charge in [0.05, 0.1) is 12.0 Å². The molecule has 27 heavy (non-hydrogen) atoms. The first kappa shape index (κ1) is 20.4. The number of ether oxygens (including phenoxy) is 2. The molecule has 6 nitrogen and oxygen atoms in total. The van der Waals surface area contributed by atoms with Crippen LogP contribution in [0.4, 0.5) is 0 Å². The minimum atomic E-state index is -0.401. The molecule has 2 heterocycles. The molecule has 1 N–H and O–H groups in total. The second-order valence-corrected chi connectivity index (χ2v) is 9.06. The standard InChI is InChI=1S/C19H26N2O4S2/c1-4-13(18(23)25-9-8-24-5-2)27-19-20-16(22)15-12-7-6-11(3)10-14(12)26-17(15)21-19/h11,13H,4-10H2,1-3H3,(H,20,21,22)/t11-,13-/m1/s1. The van der Waals surface area contributed by atoms with Gasteiger partial charge in [-0.25, -0.2) is 4.98 Å². The molecular weight excluding hydrogens is 384 g/mol. The highest BCUT2D eigenvalue weighted by Crippen LogP contribution is 2.36. The number of hydrogen-bond acceptors (Lipinski definition) is 7. The molecule has 1 aliphatic carbocycles. The van der Waals surface area contributed by atoms with Gasteiger partial charge in [0.1, 0.15) is 16.7 Å². The summed E-state index contributed by atoms with van der Waals surface area (Å²) in [5, 5.41) is 0.813. The van der Waals surface area contributed by atoms with Gasteiger partial charge < -0.3 is 14.5 Å². The molecule has 0 fully saturated rings. The summed E-state index contributed by atoms with van der Waals surface area (Å²) in [7, 11) is 0. The van der Waals surface area contributed by atoms with Gasteiger partial charge in [0, 0.05) is 11.5 Å². The van der Waals surface area contributed by atoms with E-state index in [4.69, 9.17) is 9.47 Å². The van der Waals surface area contributed by atoms with E-state index < -0.39 is 5.25 Å². The molecule has 0 spiro atoms. The van der Waals surface area contributed by atoms with Gasteiger partial charge in [-0.1, -0.05) is 25.6 Å². The van der Waals surface area contributed by atoms with E-state index in [9.17, 15) is 9.59 Å². The topological polar surface area (TPSA) is 81.3 Å². The zero-order chi connectivity index (χ0) is 19.4. The van der Waals surface area contributed by atoms with Crippen LogP contribution in [0.25, 0.3) is 10.2 Å². The predicted molar refractivity (Wildman–Crippen MR) is 109 cm³/mol. The number of esters is 1. The van der Waals surface area contributed by atoms with Crippen LogP contribution in [0.3, 0.4) is 0 Å². The van der Waals surface area contributed by atoms with E-state index in [1.165, 1.54) is 22.2 Å². The van der Waals surface area contributed by atoms with Gasteiger partial charge in [-0.2, -0.15) is 0 Å². The second-order valence-electron chi connectivity index (χ2n) is 6.78. The van der Waals surface area contributed by atoms with Gasteiger partial charge >= 0.3 is 5.97 Å². The van der Waals surface area contributed by atoms with Crippen molar-refractivity contribution in [3.05, 3.63) is 20.8 Å². The fourth-order valence-corrected chi connectivity index (χ4v) is 5.59. The number of carbonyl (C=O) groups excluding carboxylic acids is 1. The lowest BCUT2D eigenvalue weighted by molar-refractivity contribution is -0.144. The number of nitrogens with zero attached hydrogens (tertiary/aromatic N) is 1. The third-order valence-electron chi connectivity index (χ3n) is 4.71. The normalized spacial score (nSPS) is 17.7. The number of rotatable bonds is 8. The van der Waals surface area contributed by atoms with E-state index >= 15 is 0 Å². The summed E-state index contributed by atoms with van der Waals surface area (Å²) in [6, 6.07) is 0. The van der Waals surface area contributed by atoms with Crippen LogP contribution in [0.1, 0.15) is 44.1 Å². The van der Waals surface area contributed by atoms with E-state index in [0.717, 1.165) is 29.5 Å². The van der Waals surface area contributed by atoms with Crippen molar-refractivity contribution in [2.45, 2.75) is 56.9 Å². The van der Waals surface area contributed by atoms with Gasteiger partial charge in [-0.15, -0.1) is 11.3 Å². The molecular formula is C19H26N2O4S2. The van der Waals surface area contributed by atoms with Crippen LogP contribution in [0.5, 0.6) is 0 Å². The van der Waals surface area contributed by atoms with E-state index in [1.807, 2.05) is 13.8 Å². The van der Waals surface area contributed by atoms with E-state index in [1.54, 1.807) is 11.3 Å². The molecule has 2 atom stereocenters. The third-order valence-corrected chi connectivity index (χ3v) is 7.08. The average Bonchev–Trinajstić information content (AvgIpc) is 3.00. The highest BCUT2D eigenvalue weighted by atomic mass is 32.2. The number of aryl methyl sites for hydroxylation is 1. The van der Waals surface area contributed by atoms with Crippen molar-refractivity contribution in [2.75, 3.05) is 19.8 Å². The lowest BCUT2D eigenvalue weighted by Crippen LogP contribution is -2.22. The minimum Gasteiger partial charge on any atom is -0.462 e. The second kappa shape index (κ2) is 9.21. The molecule has 0 saturated carbocycles. The average molecular weight is 411 g/mol. The maximum atomic E-state index is 12.7. The summed E-state index contributed by atoms with van der Waals surface area (Å²) in [4.78, 5) is 34.5. The monoisotopic (exact) mass is 410 g/mol. The van der Waals surface area contributed by atoms with E-state index in [-0.39, 0.29) is 18.1 Å². The van der Waals surface area contributed by atoms with Gasteiger partial charge in [0.2, 0.25) is 0 Å². The maximum Gasteiger partial charge on any atom is 0.319 e. The van der Waals surface area contributed by atoms with Crippen LogP contribution in [0.15, 0.2) is 9.95 Å². The number of thiophene rings is 1. The van der Waals surface area contributed by atoms with Crippen LogP contribution < -0.4 is 5.56 Å². The van der Waals surface area contributed by atoms with Gasteiger partial charge in [0.15, 0.2) is 5.16 Å². The Kier molecular flexibility index (Phi) is 6.94. The van der Waals surface area contributed by atoms with Crippen LogP contribution >= 0.6 is 23.1 Å². The highest BCUT2D eigenvalue weighted by molar-refractivity contribution is 8.00. The predicted octanol–water partition coefficient (Wildman–Crippen LogP) is 3.56. The van der Waals surface area contributed by atoms with E-state index in [0.29, 0.717) is 30.7 Å². The number of hydrogen-bond donors (Lipinski definition) is 1. The zero-order valence-electron chi connectivity index (χ0n) is 16.0. The van der Waals surface area contributed by atoms with Crippen LogP contribution in [-0.2, 0) is 27.1 Å². The Hall–Kier alpha value is -1.38. The molecule has 1 aliphatic rings. The number of aromatic amines is 1. The molecule has 2 aromatic heterocycles. The number of thioether (sulfide) groups is 1. The molecule has 148 valence electrons. The number of carbonyl (C=O) groups is 1. The first-order valence-corrected chi connectivity index (χ1v) is 11.2. The van der Waals surface area contributed by atoms with Gasteiger partial charge in [0.25, 0.3) is 5.56 Å². The molecule has 0 saturated heterocycles. The zero-order valence-corrected chi connectivity index (χ0v) is 17.6. The fraction of sp³-hybridized carbons (Fsp3) is 0.632. The summed E-state index contributed by atoms with van der Waals surface area (Å²) in [5.74, 6) is 0.346. The van der Waals surface area contributed by atoms with Crippen molar-refractivity contribution >= 4 is 39.3 Å². The van der Waals surface area contributed by atoms with Crippen molar-refractivity contribution in [1.82, 2.24) is 9.97 Å². The summed E-state index contributed by atoms with van der Waals surface area (Å²) >= 11 is 2.88. The maximum absolute atomic E-state index is 12.7. The molecule has 0 radical (unpaired) electrons. The Labute approximate surface area is 167 Å². The third kappa shape index (κ3) is 4.73. The number of nitrogens with one attached hydrogen (secondary N) is 1. The molecule has 0 aromatic carbocycles. The van der Waals surface area contributed by atoms with Crippen molar-refractivity contribution in [2.24, 2.45) is 5.92 Å². The van der Waals surface area contributed by atoms with Crippen molar-refractivity contribution in [3.63, 3.8) is 0 Å². The van der Waals surface area contributed by atoms with Crippen LogP contribution in [0.2, 0.25) is 0 Å². The quantitative estimate of drug-likeness (QED) is 0.310.